The van der Waals surface area contributed by atoms with Crippen molar-refractivity contribution in [2.24, 2.45) is 0 Å². The Morgan fingerprint density at radius 1 is 1.38 bits per heavy atom. The van der Waals surface area contributed by atoms with Crippen LogP contribution in [-0.2, 0) is 22.4 Å². The first kappa shape index (κ1) is 18.3. The number of nitrogens with two attached hydrogens (primary N) is 1. The van der Waals surface area contributed by atoms with Gasteiger partial charge in [0.25, 0.3) is 0 Å². The lowest BCUT2D eigenvalue weighted by atomic mass is 10.0. The minimum absolute atomic E-state index is 0.0106. The van der Waals surface area contributed by atoms with Crippen LogP contribution in [0.4, 0.5) is 10.2 Å². The molecule has 1 aromatic carbocycles. The normalized spacial score (nSPS) is 17.3. The average molecular weight is 357 g/mol. The molecular weight excluding hydrogens is 333 g/mol. The fourth-order valence-corrected chi connectivity index (χ4v) is 3.23. The summed E-state index contributed by atoms with van der Waals surface area (Å²) >= 11 is 0. The number of rotatable bonds is 5. The molecule has 1 atom stereocenters. The number of amides is 1. The predicted octanol–water partition coefficient (Wildman–Crippen LogP) is 2.51. The predicted molar refractivity (Wildman–Crippen MR) is 98.1 cm³/mol. The number of morpholine rings is 1. The zero-order chi connectivity index (χ0) is 18.5. The molecular formula is C20H24FN3O2. The van der Waals surface area contributed by atoms with E-state index in [1.54, 1.807) is 12.3 Å². The van der Waals surface area contributed by atoms with Crippen molar-refractivity contribution in [3.05, 3.63) is 59.0 Å². The molecule has 2 N–H and O–H groups in total. The summed E-state index contributed by atoms with van der Waals surface area (Å²) in [5.74, 6) is 0.293. The SMILES string of the molecule is Cc1cc(F)ccc1CC(=O)N1CCO[C@H](CCc2ccnc(N)c2)C1. The van der Waals surface area contributed by atoms with E-state index in [1.807, 2.05) is 24.0 Å². The van der Waals surface area contributed by atoms with Crippen molar-refractivity contribution in [2.75, 3.05) is 25.4 Å². The summed E-state index contributed by atoms with van der Waals surface area (Å²) < 4.78 is 19.0. The second-order valence-electron chi connectivity index (χ2n) is 6.71. The summed E-state index contributed by atoms with van der Waals surface area (Å²) in [6, 6.07) is 8.36. The van der Waals surface area contributed by atoms with Crippen LogP contribution in [0.25, 0.3) is 0 Å². The van der Waals surface area contributed by atoms with Gasteiger partial charge < -0.3 is 15.4 Å². The van der Waals surface area contributed by atoms with Crippen LogP contribution in [-0.4, -0.2) is 41.6 Å². The van der Waals surface area contributed by atoms with E-state index in [4.69, 9.17) is 10.5 Å². The molecule has 26 heavy (non-hydrogen) atoms. The van der Waals surface area contributed by atoms with E-state index in [1.165, 1.54) is 12.1 Å². The van der Waals surface area contributed by atoms with E-state index in [0.717, 1.165) is 29.5 Å². The number of nitrogens with zero attached hydrogens (tertiary/aromatic N) is 2. The summed E-state index contributed by atoms with van der Waals surface area (Å²) in [4.78, 5) is 18.5. The number of nitrogen functional groups attached to an aromatic ring is 1. The highest BCUT2D eigenvalue weighted by Crippen LogP contribution is 2.16. The number of carbonyl (C=O) groups excluding carboxylic acids is 1. The van der Waals surface area contributed by atoms with Crippen molar-refractivity contribution >= 4 is 11.7 Å². The molecule has 2 heterocycles. The van der Waals surface area contributed by atoms with Gasteiger partial charge in [-0.2, -0.15) is 0 Å². The molecule has 0 aliphatic carbocycles. The monoisotopic (exact) mass is 357 g/mol. The molecule has 5 nitrogen and oxygen atoms in total. The van der Waals surface area contributed by atoms with Crippen molar-refractivity contribution in [3.63, 3.8) is 0 Å². The molecule has 0 bridgehead atoms. The number of ether oxygens (including phenoxy) is 1. The van der Waals surface area contributed by atoms with Crippen LogP contribution < -0.4 is 5.73 Å². The topological polar surface area (TPSA) is 68.5 Å². The Kier molecular flexibility index (Phi) is 5.83. The Morgan fingerprint density at radius 2 is 2.23 bits per heavy atom. The maximum atomic E-state index is 13.2. The van der Waals surface area contributed by atoms with E-state index in [-0.39, 0.29) is 17.8 Å². The van der Waals surface area contributed by atoms with E-state index in [2.05, 4.69) is 4.98 Å². The van der Waals surface area contributed by atoms with Gasteiger partial charge in [0.15, 0.2) is 0 Å². The number of halogens is 1. The lowest BCUT2D eigenvalue weighted by Gasteiger charge is -2.33. The molecule has 1 aromatic heterocycles. The third-order valence-electron chi connectivity index (χ3n) is 4.74. The molecule has 6 heteroatoms. The number of anilines is 1. The standard InChI is InChI=1S/C20H24FN3O2/c1-14-10-17(21)4-3-16(14)12-20(25)24-8-9-26-18(13-24)5-2-15-6-7-23-19(22)11-15/h3-4,6-7,10-11,18H,2,5,8-9,12-13H2,1H3,(H2,22,23)/t18-/m1/s1. The van der Waals surface area contributed by atoms with Gasteiger partial charge in [-0.25, -0.2) is 9.37 Å². The van der Waals surface area contributed by atoms with Crippen LogP contribution in [0, 0.1) is 12.7 Å². The Hall–Kier alpha value is -2.47. The van der Waals surface area contributed by atoms with Gasteiger partial charge in [0, 0.05) is 19.3 Å². The lowest BCUT2D eigenvalue weighted by molar-refractivity contribution is -0.138. The van der Waals surface area contributed by atoms with Crippen molar-refractivity contribution in [1.29, 1.82) is 0 Å². The first-order valence-corrected chi connectivity index (χ1v) is 8.86. The zero-order valence-corrected chi connectivity index (χ0v) is 15.0. The molecule has 3 rings (SSSR count). The second-order valence-corrected chi connectivity index (χ2v) is 6.71. The van der Waals surface area contributed by atoms with Gasteiger partial charge in [0.1, 0.15) is 11.6 Å². The van der Waals surface area contributed by atoms with Crippen LogP contribution in [0.1, 0.15) is 23.1 Å². The van der Waals surface area contributed by atoms with Crippen molar-refractivity contribution < 1.29 is 13.9 Å². The summed E-state index contributed by atoms with van der Waals surface area (Å²) in [5, 5.41) is 0. The van der Waals surface area contributed by atoms with E-state index >= 15 is 0 Å². The largest absolute Gasteiger partial charge is 0.384 e. The Labute approximate surface area is 153 Å². The Bertz CT molecular complexity index is 781. The van der Waals surface area contributed by atoms with Crippen molar-refractivity contribution in [3.8, 4) is 0 Å². The van der Waals surface area contributed by atoms with Crippen LogP contribution in [0.5, 0.6) is 0 Å². The van der Waals surface area contributed by atoms with Crippen molar-refractivity contribution in [2.45, 2.75) is 32.3 Å². The molecule has 1 amide bonds. The van der Waals surface area contributed by atoms with Crippen LogP contribution in [0.15, 0.2) is 36.5 Å². The third kappa shape index (κ3) is 4.79. The number of carbonyl (C=O) groups is 1. The van der Waals surface area contributed by atoms with Gasteiger partial charge in [-0.3, -0.25) is 4.79 Å². The minimum Gasteiger partial charge on any atom is -0.384 e. The number of hydrogen-bond donors (Lipinski definition) is 1. The van der Waals surface area contributed by atoms with E-state index in [0.29, 0.717) is 31.9 Å². The number of aromatic nitrogens is 1. The van der Waals surface area contributed by atoms with Gasteiger partial charge in [-0.1, -0.05) is 6.07 Å². The number of aryl methyl sites for hydroxylation is 2. The van der Waals surface area contributed by atoms with Crippen molar-refractivity contribution in [1.82, 2.24) is 9.88 Å². The highest BCUT2D eigenvalue weighted by atomic mass is 19.1. The Morgan fingerprint density at radius 3 is 3.00 bits per heavy atom. The number of pyridine rings is 1. The molecule has 0 radical (unpaired) electrons. The fourth-order valence-electron chi connectivity index (χ4n) is 3.23. The molecule has 138 valence electrons. The van der Waals surface area contributed by atoms with Gasteiger partial charge >= 0.3 is 0 Å². The van der Waals surface area contributed by atoms with Gasteiger partial charge in [0.2, 0.25) is 5.91 Å². The second kappa shape index (κ2) is 8.27. The Balaban J connectivity index is 1.54. The first-order valence-electron chi connectivity index (χ1n) is 8.86. The molecule has 1 aliphatic rings. The molecule has 1 saturated heterocycles. The molecule has 2 aromatic rings. The summed E-state index contributed by atoms with van der Waals surface area (Å²) in [6.07, 6.45) is 3.66. The van der Waals surface area contributed by atoms with Gasteiger partial charge in [0.05, 0.1) is 19.1 Å². The summed E-state index contributed by atoms with van der Waals surface area (Å²) in [5.41, 5.74) is 8.49. The summed E-state index contributed by atoms with van der Waals surface area (Å²) in [7, 11) is 0. The van der Waals surface area contributed by atoms with Crippen LogP contribution in [0.3, 0.4) is 0 Å². The van der Waals surface area contributed by atoms with Crippen LogP contribution in [0.2, 0.25) is 0 Å². The molecule has 0 spiro atoms. The van der Waals surface area contributed by atoms with E-state index in [9.17, 15) is 9.18 Å². The highest BCUT2D eigenvalue weighted by molar-refractivity contribution is 5.79. The quantitative estimate of drug-likeness (QED) is 0.893. The zero-order valence-electron chi connectivity index (χ0n) is 15.0. The lowest BCUT2D eigenvalue weighted by Crippen LogP contribution is -2.46. The molecule has 1 fully saturated rings. The maximum absolute atomic E-state index is 13.2. The van der Waals surface area contributed by atoms with Gasteiger partial charge in [-0.05, 0) is 60.7 Å². The number of hydrogen-bond acceptors (Lipinski definition) is 4. The maximum Gasteiger partial charge on any atom is 0.227 e. The molecule has 0 saturated carbocycles. The molecule has 1 aliphatic heterocycles. The smallest absolute Gasteiger partial charge is 0.227 e. The van der Waals surface area contributed by atoms with Gasteiger partial charge in [-0.15, -0.1) is 0 Å². The first-order chi connectivity index (χ1) is 12.5. The average Bonchev–Trinajstić information content (AvgIpc) is 2.62. The third-order valence-corrected chi connectivity index (χ3v) is 4.74. The minimum atomic E-state index is -0.276. The summed E-state index contributed by atoms with van der Waals surface area (Å²) in [6.45, 7) is 3.54. The van der Waals surface area contributed by atoms with Crippen LogP contribution >= 0.6 is 0 Å². The highest BCUT2D eigenvalue weighted by Gasteiger charge is 2.24. The number of benzene rings is 1. The molecule has 0 unspecified atom stereocenters. The van der Waals surface area contributed by atoms with E-state index < -0.39 is 0 Å². The fraction of sp³-hybridized carbons (Fsp3) is 0.400.